The van der Waals surface area contributed by atoms with E-state index in [2.05, 4.69) is 0 Å². The van der Waals surface area contributed by atoms with E-state index >= 15 is 0 Å². The third kappa shape index (κ3) is 3.12. The molecule has 102 valence electrons. The average molecular weight is 306 g/mol. The molecule has 0 aromatic heterocycles. The number of thioether (sulfide) groups is 1. The van der Waals surface area contributed by atoms with E-state index in [0.717, 1.165) is 28.5 Å². The van der Waals surface area contributed by atoms with Crippen LogP contribution in [0.5, 0.6) is 0 Å². The van der Waals surface area contributed by atoms with Crippen molar-refractivity contribution >= 4 is 52.5 Å². The molecule has 0 radical (unpaired) electrons. The fraction of sp³-hybridized carbons (Fsp3) is 0.0769. The predicted molar refractivity (Wildman–Crippen MR) is 76.7 cm³/mol. The molecule has 0 unspecified atom stereocenters. The van der Waals surface area contributed by atoms with Crippen LogP contribution in [0.4, 0.5) is 0 Å². The van der Waals surface area contributed by atoms with Gasteiger partial charge in [0.1, 0.15) is 10.6 Å². The molecule has 2 rings (SSSR count). The minimum atomic E-state index is -1.36. The highest BCUT2D eigenvalue weighted by atomic mass is 32.2. The van der Waals surface area contributed by atoms with Crippen LogP contribution in [0.2, 0.25) is 0 Å². The highest BCUT2D eigenvalue weighted by Crippen LogP contribution is 2.32. The second kappa shape index (κ2) is 5.98. The molecule has 1 aliphatic heterocycles. The fourth-order valence-corrected chi connectivity index (χ4v) is 2.84. The first-order valence-corrected chi connectivity index (χ1v) is 6.74. The number of benzene rings is 1. The van der Waals surface area contributed by atoms with Crippen molar-refractivity contribution in [1.82, 2.24) is 4.90 Å². The summed E-state index contributed by atoms with van der Waals surface area (Å²) in [7, 11) is 0. The standard InChI is InChI=1S/C13H9NO4S2/c15-7-9-3-1-8(2-4-9)5-10-12(18)14(6-11(16)17)13(19)20-10/h1-5,7H,6H2,(H,16,17)/p-1/b10-5+. The summed E-state index contributed by atoms with van der Waals surface area (Å²) >= 11 is 6.00. The molecule has 5 nitrogen and oxygen atoms in total. The van der Waals surface area contributed by atoms with Gasteiger partial charge in [0.25, 0.3) is 5.91 Å². The smallest absolute Gasteiger partial charge is 0.266 e. The van der Waals surface area contributed by atoms with Crippen LogP contribution < -0.4 is 5.11 Å². The van der Waals surface area contributed by atoms with Gasteiger partial charge in [-0.15, -0.1) is 0 Å². The van der Waals surface area contributed by atoms with Crippen LogP contribution in [0.25, 0.3) is 6.08 Å². The van der Waals surface area contributed by atoms with E-state index in [0.29, 0.717) is 10.5 Å². The Morgan fingerprint density at radius 1 is 1.30 bits per heavy atom. The van der Waals surface area contributed by atoms with Gasteiger partial charge in [0.15, 0.2) is 0 Å². The van der Waals surface area contributed by atoms with Crippen molar-refractivity contribution in [1.29, 1.82) is 0 Å². The molecule has 0 spiro atoms. The third-order valence-corrected chi connectivity index (χ3v) is 3.91. The van der Waals surface area contributed by atoms with Crippen molar-refractivity contribution in [2.75, 3.05) is 6.54 Å². The summed E-state index contributed by atoms with van der Waals surface area (Å²) < 4.78 is 0.190. The fourth-order valence-electron chi connectivity index (χ4n) is 1.59. The maximum atomic E-state index is 12.0. The average Bonchev–Trinajstić information content (AvgIpc) is 2.67. The van der Waals surface area contributed by atoms with Crippen LogP contribution in [-0.4, -0.2) is 33.9 Å². The monoisotopic (exact) mass is 306 g/mol. The predicted octanol–water partition coefficient (Wildman–Crippen LogP) is 0.450. The number of aldehydes is 1. The lowest BCUT2D eigenvalue weighted by Crippen LogP contribution is -2.40. The zero-order valence-corrected chi connectivity index (χ0v) is 11.7. The van der Waals surface area contributed by atoms with Crippen LogP contribution in [0, 0.1) is 0 Å². The van der Waals surface area contributed by atoms with Gasteiger partial charge in [-0.25, -0.2) is 0 Å². The van der Waals surface area contributed by atoms with E-state index in [-0.39, 0.29) is 4.32 Å². The lowest BCUT2D eigenvalue weighted by Gasteiger charge is -2.14. The molecule has 1 aliphatic rings. The summed E-state index contributed by atoms with van der Waals surface area (Å²) in [4.78, 5) is 34.4. The Morgan fingerprint density at radius 3 is 2.45 bits per heavy atom. The van der Waals surface area contributed by atoms with E-state index in [4.69, 9.17) is 12.2 Å². The van der Waals surface area contributed by atoms with Crippen molar-refractivity contribution in [2.45, 2.75) is 0 Å². The Kier molecular flexibility index (Phi) is 4.31. The Labute approximate surface area is 124 Å². The molecular formula is C13H8NO4S2-. The number of hydrogen-bond donors (Lipinski definition) is 0. The lowest BCUT2D eigenvalue weighted by atomic mass is 10.1. The zero-order chi connectivity index (χ0) is 14.7. The van der Waals surface area contributed by atoms with Crippen LogP contribution in [0.1, 0.15) is 15.9 Å². The second-order valence-electron chi connectivity index (χ2n) is 3.92. The molecule has 1 aromatic rings. The van der Waals surface area contributed by atoms with Gasteiger partial charge in [0, 0.05) is 5.56 Å². The van der Waals surface area contributed by atoms with Crippen LogP contribution in [-0.2, 0) is 9.59 Å². The molecule has 0 saturated carbocycles. The van der Waals surface area contributed by atoms with E-state index in [9.17, 15) is 19.5 Å². The first-order valence-electron chi connectivity index (χ1n) is 5.51. The molecule has 0 bridgehead atoms. The van der Waals surface area contributed by atoms with E-state index < -0.39 is 18.4 Å². The number of carboxylic acid groups (broad SMARTS) is 1. The van der Waals surface area contributed by atoms with Gasteiger partial charge >= 0.3 is 0 Å². The first kappa shape index (κ1) is 14.4. The molecule has 0 atom stereocenters. The SMILES string of the molecule is O=Cc1ccc(/C=C2/SC(=S)N(CC(=O)[O-])C2=O)cc1. The molecule has 20 heavy (non-hydrogen) atoms. The van der Waals surface area contributed by atoms with Crippen molar-refractivity contribution in [3.8, 4) is 0 Å². The Bertz CT molecular complexity index is 622. The quantitative estimate of drug-likeness (QED) is 0.457. The maximum absolute atomic E-state index is 12.0. The molecule has 1 aromatic carbocycles. The highest BCUT2D eigenvalue weighted by Gasteiger charge is 2.31. The van der Waals surface area contributed by atoms with Gasteiger partial charge in [-0.3, -0.25) is 14.5 Å². The van der Waals surface area contributed by atoms with Gasteiger partial charge in [-0.1, -0.05) is 48.2 Å². The molecule has 1 fully saturated rings. The molecule has 1 heterocycles. The van der Waals surface area contributed by atoms with E-state index in [1.165, 1.54) is 0 Å². The number of hydrogen-bond acceptors (Lipinski definition) is 6. The van der Waals surface area contributed by atoms with Crippen LogP contribution in [0.15, 0.2) is 29.2 Å². The number of carboxylic acids is 1. The molecular weight excluding hydrogens is 298 g/mol. The van der Waals surface area contributed by atoms with Gasteiger partial charge in [0.05, 0.1) is 17.4 Å². The van der Waals surface area contributed by atoms with Crippen LogP contribution >= 0.6 is 24.0 Å². The number of aliphatic carboxylic acids is 1. The van der Waals surface area contributed by atoms with Gasteiger partial charge in [0.2, 0.25) is 0 Å². The van der Waals surface area contributed by atoms with Crippen LogP contribution in [0.3, 0.4) is 0 Å². The zero-order valence-electron chi connectivity index (χ0n) is 10.1. The summed E-state index contributed by atoms with van der Waals surface area (Å²) in [5.41, 5.74) is 1.26. The van der Waals surface area contributed by atoms with Crippen molar-refractivity contribution in [3.63, 3.8) is 0 Å². The molecule has 0 N–H and O–H groups in total. The molecule has 1 saturated heterocycles. The Morgan fingerprint density at radius 2 is 1.90 bits per heavy atom. The molecule has 0 aliphatic carbocycles. The summed E-state index contributed by atoms with van der Waals surface area (Å²) in [5.74, 6) is -1.82. The lowest BCUT2D eigenvalue weighted by molar-refractivity contribution is -0.305. The molecule has 7 heteroatoms. The Hall–Kier alpha value is -1.99. The van der Waals surface area contributed by atoms with E-state index in [1.807, 2.05) is 0 Å². The summed E-state index contributed by atoms with van der Waals surface area (Å²) in [5, 5.41) is 10.6. The van der Waals surface area contributed by atoms with Crippen molar-refractivity contribution in [2.24, 2.45) is 0 Å². The van der Waals surface area contributed by atoms with E-state index in [1.54, 1.807) is 30.3 Å². The van der Waals surface area contributed by atoms with Gasteiger partial charge < -0.3 is 9.90 Å². The largest absolute Gasteiger partial charge is 0.548 e. The van der Waals surface area contributed by atoms with Gasteiger partial charge in [-0.2, -0.15) is 0 Å². The Balaban J connectivity index is 2.22. The highest BCUT2D eigenvalue weighted by molar-refractivity contribution is 8.26. The van der Waals surface area contributed by atoms with Crippen molar-refractivity contribution in [3.05, 3.63) is 40.3 Å². The summed E-state index contributed by atoms with van der Waals surface area (Å²) in [6.45, 7) is -0.550. The number of carbonyl (C=O) groups is 3. The summed E-state index contributed by atoms with van der Waals surface area (Å²) in [6, 6.07) is 6.63. The number of amides is 1. The topological polar surface area (TPSA) is 77.5 Å². The molecule has 1 amide bonds. The second-order valence-corrected chi connectivity index (χ2v) is 5.60. The minimum absolute atomic E-state index is 0.190. The van der Waals surface area contributed by atoms with Gasteiger partial charge in [-0.05, 0) is 11.6 Å². The third-order valence-electron chi connectivity index (χ3n) is 2.53. The normalized spacial score (nSPS) is 16.8. The minimum Gasteiger partial charge on any atom is -0.548 e. The number of carbonyl (C=O) groups excluding carboxylic acids is 3. The van der Waals surface area contributed by atoms with Crippen molar-refractivity contribution < 1.29 is 19.5 Å². The number of nitrogens with zero attached hydrogens (tertiary/aromatic N) is 1. The number of rotatable bonds is 4. The number of thiocarbonyl (C=S) groups is 1. The maximum Gasteiger partial charge on any atom is 0.266 e. The first-order chi connectivity index (χ1) is 9.51. The summed E-state index contributed by atoms with van der Waals surface area (Å²) in [6.07, 6.45) is 2.33.